The standard InChI is InChI=1S/C24H28FN3O7S2/c1-24(2)14-36-20(26-24)21(29)28(37(33,34)18-11-7-16(25)8-12-18)19(22(30)31)13-15-5-9-17(10-6-15)35-23(32)27(3)4/h5-12,19-20,26H,13-14H2,1-4H3,(H,30,31)/t19-,20-/m0/s1. The Morgan fingerprint density at radius 1 is 1.14 bits per heavy atom. The van der Waals surface area contributed by atoms with Gasteiger partial charge in [0.25, 0.3) is 15.9 Å². The first-order valence-corrected chi connectivity index (χ1v) is 13.6. The van der Waals surface area contributed by atoms with Gasteiger partial charge in [-0.2, -0.15) is 0 Å². The Hall–Kier alpha value is -3.16. The van der Waals surface area contributed by atoms with E-state index in [9.17, 15) is 32.3 Å². The zero-order valence-electron chi connectivity index (χ0n) is 20.7. The molecule has 2 amide bonds. The molecule has 1 aliphatic heterocycles. The molecule has 2 atom stereocenters. The summed E-state index contributed by atoms with van der Waals surface area (Å²) in [5, 5.41) is 12.1. The minimum atomic E-state index is -4.68. The number of carbonyl (C=O) groups excluding carboxylic acids is 2. The average molecular weight is 554 g/mol. The van der Waals surface area contributed by atoms with Crippen LogP contribution in [0.5, 0.6) is 5.75 Å². The lowest BCUT2D eigenvalue weighted by molar-refractivity contribution is -0.146. The van der Waals surface area contributed by atoms with Gasteiger partial charge >= 0.3 is 12.1 Å². The molecule has 13 heteroatoms. The molecule has 200 valence electrons. The Kier molecular flexibility index (Phi) is 8.50. The predicted molar refractivity (Wildman–Crippen MR) is 135 cm³/mol. The van der Waals surface area contributed by atoms with Gasteiger partial charge in [0.05, 0.1) is 4.90 Å². The maximum atomic E-state index is 13.6. The molecule has 2 N–H and O–H groups in total. The molecule has 37 heavy (non-hydrogen) atoms. The highest BCUT2D eigenvalue weighted by atomic mass is 32.2. The second-order valence-electron chi connectivity index (χ2n) is 9.28. The van der Waals surface area contributed by atoms with Crippen LogP contribution in [-0.2, 0) is 26.0 Å². The number of carbonyl (C=O) groups is 3. The molecule has 1 saturated heterocycles. The van der Waals surface area contributed by atoms with Crippen molar-refractivity contribution in [3.8, 4) is 5.75 Å². The second-order valence-corrected chi connectivity index (χ2v) is 12.2. The van der Waals surface area contributed by atoms with Crippen LogP contribution in [0, 0.1) is 5.82 Å². The molecule has 2 aromatic carbocycles. The van der Waals surface area contributed by atoms with E-state index in [0.29, 0.717) is 15.6 Å². The van der Waals surface area contributed by atoms with Gasteiger partial charge in [-0.15, -0.1) is 11.8 Å². The molecule has 1 aliphatic rings. The van der Waals surface area contributed by atoms with Crippen LogP contribution in [0.25, 0.3) is 0 Å². The quantitative estimate of drug-likeness (QED) is 0.506. The van der Waals surface area contributed by atoms with Crippen LogP contribution in [0.2, 0.25) is 0 Å². The molecule has 3 rings (SSSR count). The fourth-order valence-corrected chi connectivity index (χ4v) is 6.46. The van der Waals surface area contributed by atoms with E-state index in [1.807, 2.05) is 13.8 Å². The van der Waals surface area contributed by atoms with Crippen LogP contribution in [0.3, 0.4) is 0 Å². The molecular weight excluding hydrogens is 525 g/mol. The molecule has 0 spiro atoms. The molecule has 0 bridgehead atoms. The number of aliphatic carboxylic acids is 1. The number of carboxylic acids is 1. The van der Waals surface area contributed by atoms with Crippen LogP contribution in [-0.4, -0.2) is 77.5 Å². The van der Waals surface area contributed by atoms with Crippen molar-refractivity contribution in [3.05, 3.63) is 59.9 Å². The molecule has 1 fully saturated rings. The van der Waals surface area contributed by atoms with E-state index in [1.165, 1.54) is 55.0 Å². The maximum Gasteiger partial charge on any atom is 0.414 e. The van der Waals surface area contributed by atoms with Gasteiger partial charge in [-0.1, -0.05) is 12.1 Å². The first-order chi connectivity index (χ1) is 17.2. The third-order valence-electron chi connectivity index (χ3n) is 5.44. The summed E-state index contributed by atoms with van der Waals surface area (Å²) in [4.78, 5) is 38.5. The monoisotopic (exact) mass is 553 g/mol. The fraction of sp³-hybridized carbons (Fsp3) is 0.375. The molecule has 0 radical (unpaired) electrons. The molecule has 10 nitrogen and oxygen atoms in total. The predicted octanol–water partition coefficient (Wildman–Crippen LogP) is 2.54. The summed E-state index contributed by atoms with van der Waals surface area (Å²) in [7, 11) is -1.65. The van der Waals surface area contributed by atoms with Crippen LogP contribution < -0.4 is 10.1 Å². The first-order valence-electron chi connectivity index (χ1n) is 11.2. The molecule has 0 aliphatic carbocycles. The summed E-state index contributed by atoms with van der Waals surface area (Å²) in [5.41, 5.74) is -0.0917. The molecular formula is C24H28FN3O7S2. The van der Waals surface area contributed by atoms with Crippen molar-refractivity contribution < 1.29 is 37.0 Å². The highest BCUT2D eigenvalue weighted by Gasteiger charge is 2.46. The van der Waals surface area contributed by atoms with Crippen molar-refractivity contribution in [2.24, 2.45) is 0 Å². The highest BCUT2D eigenvalue weighted by Crippen LogP contribution is 2.31. The Morgan fingerprint density at radius 3 is 2.22 bits per heavy atom. The van der Waals surface area contributed by atoms with E-state index in [0.717, 1.165) is 24.3 Å². The van der Waals surface area contributed by atoms with E-state index in [4.69, 9.17) is 4.74 Å². The van der Waals surface area contributed by atoms with Crippen LogP contribution in [0.1, 0.15) is 19.4 Å². The van der Waals surface area contributed by atoms with Crippen molar-refractivity contribution in [3.63, 3.8) is 0 Å². The number of carboxylic acid groups (broad SMARTS) is 1. The van der Waals surface area contributed by atoms with Crippen molar-refractivity contribution >= 4 is 39.8 Å². The van der Waals surface area contributed by atoms with E-state index >= 15 is 0 Å². The van der Waals surface area contributed by atoms with Gasteiger partial charge in [-0.05, 0) is 55.8 Å². The number of nitrogens with one attached hydrogen (secondary N) is 1. The minimum Gasteiger partial charge on any atom is -0.480 e. The number of ether oxygens (including phenoxy) is 1. The first kappa shape index (κ1) is 28.4. The number of halogens is 1. The molecule has 2 aromatic rings. The Morgan fingerprint density at radius 2 is 1.73 bits per heavy atom. The van der Waals surface area contributed by atoms with Crippen molar-refractivity contribution in [1.82, 2.24) is 14.5 Å². The van der Waals surface area contributed by atoms with Gasteiger partial charge in [0.2, 0.25) is 0 Å². The average Bonchev–Trinajstić information content (AvgIpc) is 3.19. The Labute approximate surface area is 218 Å². The second kappa shape index (κ2) is 11.1. The van der Waals surface area contributed by atoms with E-state index in [-0.39, 0.29) is 12.2 Å². The fourth-order valence-electron chi connectivity index (χ4n) is 3.52. The summed E-state index contributed by atoms with van der Waals surface area (Å²) in [6.07, 6.45) is -0.965. The van der Waals surface area contributed by atoms with Gasteiger partial charge in [0.1, 0.15) is 23.0 Å². The van der Waals surface area contributed by atoms with E-state index in [2.05, 4.69) is 5.32 Å². The molecule has 0 aromatic heterocycles. The summed E-state index contributed by atoms with van der Waals surface area (Å²) in [6, 6.07) is 7.84. The summed E-state index contributed by atoms with van der Waals surface area (Å²) >= 11 is 1.17. The SMILES string of the molecule is CN(C)C(=O)Oc1ccc(C[C@@H](C(=O)O)N(C(=O)[C@H]2NC(C)(C)CS2)S(=O)(=O)c2ccc(F)cc2)cc1. The number of hydrogen-bond acceptors (Lipinski definition) is 8. The number of sulfonamides is 1. The molecule has 0 unspecified atom stereocenters. The van der Waals surface area contributed by atoms with Crippen molar-refractivity contribution in [1.29, 1.82) is 0 Å². The van der Waals surface area contributed by atoms with Crippen LogP contribution >= 0.6 is 11.8 Å². The minimum absolute atomic E-state index is 0.204. The number of nitrogens with zero attached hydrogens (tertiary/aromatic N) is 2. The summed E-state index contributed by atoms with van der Waals surface area (Å²) in [6.45, 7) is 3.68. The van der Waals surface area contributed by atoms with Crippen molar-refractivity contribution in [2.75, 3.05) is 19.8 Å². The number of amides is 2. The third kappa shape index (κ3) is 6.79. The third-order valence-corrected chi connectivity index (χ3v) is 8.80. The smallest absolute Gasteiger partial charge is 0.414 e. The number of rotatable bonds is 8. The largest absolute Gasteiger partial charge is 0.480 e. The number of hydrogen-bond donors (Lipinski definition) is 2. The number of thioether (sulfide) groups is 1. The zero-order valence-corrected chi connectivity index (χ0v) is 22.3. The maximum absolute atomic E-state index is 13.6. The van der Waals surface area contributed by atoms with Gasteiger partial charge in [0.15, 0.2) is 0 Å². The Bertz CT molecular complexity index is 1270. The zero-order chi connectivity index (χ0) is 27.5. The highest BCUT2D eigenvalue weighted by molar-refractivity contribution is 8.01. The lowest BCUT2D eigenvalue weighted by Gasteiger charge is -2.31. The van der Waals surface area contributed by atoms with Crippen LogP contribution in [0.4, 0.5) is 9.18 Å². The van der Waals surface area contributed by atoms with E-state index < -0.39 is 55.7 Å². The van der Waals surface area contributed by atoms with Crippen molar-refractivity contribution in [2.45, 2.75) is 42.1 Å². The molecule has 1 heterocycles. The van der Waals surface area contributed by atoms with Gasteiger partial charge < -0.3 is 14.7 Å². The van der Waals surface area contributed by atoms with Gasteiger partial charge in [-0.25, -0.2) is 26.7 Å². The van der Waals surface area contributed by atoms with Gasteiger partial charge in [-0.3, -0.25) is 10.1 Å². The Balaban J connectivity index is 1.98. The number of benzene rings is 2. The summed E-state index contributed by atoms with van der Waals surface area (Å²) in [5.74, 6) is -2.46. The van der Waals surface area contributed by atoms with Gasteiger partial charge in [0, 0.05) is 31.8 Å². The van der Waals surface area contributed by atoms with Crippen LogP contribution in [0.15, 0.2) is 53.4 Å². The summed E-state index contributed by atoms with van der Waals surface area (Å²) < 4.78 is 46.2. The van der Waals surface area contributed by atoms with E-state index in [1.54, 1.807) is 0 Å². The normalized spacial score (nSPS) is 17.6. The topological polar surface area (TPSA) is 133 Å². The lowest BCUT2D eigenvalue weighted by Crippen LogP contribution is -2.55. The molecule has 0 saturated carbocycles. The lowest BCUT2D eigenvalue weighted by atomic mass is 10.1.